The number of carbonyl (C=O) groups is 1. The molecule has 138 valence electrons. The molecule has 1 aromatic carbocycles. The normalized spacial score (nSPS) is 10.5. The summed E-state index contributed by atoms with van der Waals surface area (Å²) in [5.41, 5.74) is 1.46. The Morgan fingerprint density at radius 1 is 1.22 bits per heavy atom. The van der Waals surface area contributed by atoms with Crippen molar-refractivity contribution in [3.05, 3.63) is 53.4 Å². The second kappa shape index (κ2) is 7.96. The summed E-state index contributed by atoms with van der Waals surface area (Å²) in [5, 5.41) is 11.6. The van der Waals surface area contributed by atoms with Gasteiger partial charge in [-0.2, -0.15) is 0 Å². The van der Waals surface area contributed by atoms with E-state index in [-0.39, 0.29) is 17.4 Å². The second-order valence-corrected chi connectivity index (χ2v) is 5.83. The van der Waals surface area contributed by atoms with E-state index in [0.29, 0.717) is 28.5 Å². The number of aromatic nitrogens is 3. The molecule has 0 saturated heterocycles. The number of anilines is 1. The molecule has 3 aromatic rings. The molecule has 0 radical (unpaired) electrons. The summed E-state index contributed by atoms with van der Waals surface area (Å²) in [7, 11) is 1.50. The number of carboxylic acid groups (broad SMARTS) is 1. The zero-order valence-corrected chi connectivity index (χ0v) is 14.9. The molecule has 9 heteroatoms. The molecule has 0 saturated carbocycles. The highest BCUT2D eigenvalue weighted by Gasteiger charge is 2.12. The molecule has 2 heterocycles. The predicted molar refractivity (Wildman–Crippen MR) is 98.3 cm³/mol. The van der Waals surface area contributed by atoms with Crippen LogP contribution in [0.5, 0.6) is 5.88 Å². The average Bonchev–Trinajstić information content (AvgIpc) is 2.68. The number of benzene rings is 1. The van der Waals surface area contributed by atoms with Crippen molar-refractivity contribution in [1.82, 2.24) is 15.0 Å². The van der Waals surface area contributed by atoms with Crippen molar-refractivity contribution in [2.75, 3.05) is 19.0 Å². The molecule has 0 aliphatic rings. The third-order valence-electron chi connectivity index (χ3n) is 3.57. The second-order valence-electron chi connectivity index (χ2n) is 5.43. The number of aliphatic carboxylic acids is 1. The average molecular weight is 389 g/mol. The molecule has 0 aliphatic carbocycles. The van der Waals surface area contributed by atoms with Crippen molar-refractivity contribution in [3.63, 3.8) is 0 Å². The third kappa shape index (κ3) is 4.48. The van der Waals surface area contributed by atoms with E-state index in [1.807, 2.05) is 0 Å². The predicted octanol–water partition coefficient (Wildman–Crippen LogP) is 3.50. The Morgan fingerprint density at radius 2 is 2.00 bits per heavy atom. The van der Waals surface area contributed by atoms with Gasteiger partial charge in [0, 0.05) is 29.5 Å². The van der Waals surface area contributed by atoms with Crippen molar-refractivity contribution in [2.24, 2.45) is 0 Å². The van der Waals surface area contributed by atoms with Gasteiger partial charge in [0.1, 0.15) is 18.2 Å². The van der Waals surface area contributed by atoms with Crippen LogP contribution in [0.3, 0.4) is 0 Å². The van der Waals surface area contributed by atoms with Gasteiger partial charge in [-0.05, 0) is 18.2 Å². The molecule has 0 bridgehead atoms. The van der Waals surface area contributed by atoms with E-state index in [0.717, 1.165) is 0 Å². The van der Waals surface area contributed by atoms with Gasteiger partial charge in [-0.25, -0.2) is 19.3 Å². The van der Waals surface area contributed by atoms with Crippen molar-refractivity contribution in [3.8, 4) is 28.5 Å². The van der Waals surface area contributed by atoms with E-state index in [1.54, 1.807) is 18.2 Å². The fourth-order valence-electron chi connectivity index (χ4n) is 2.27. The molecule has 2 N–H and O–H groups in total. The number of halogens is 2. The number of rotatable bonds is 6. The number of hydrogen-bond donors (Lipinski definition) is 2. The Labute approximate surface area is 158 Å². The number of nitrogens with one attached hydrogen (secondary N) is 1. The Balaban J connectivity index is 2.06. The number of methoxy groups -OCH3 is 1. The van der Waals surface area contributed by atoms with E-state index < -0.39 is 11.8 Å². The quantitative estimate of drug-likeness (QED) is 0.666. The van der Waals surface area contributed by atoms with Crippen molar-refractivity contribution in [1.29, 1.82) is 0 Å². The van der Waals surface area contributed by atoms with Crippen LogP contribution < -0.4 is 10.1 Å². The lowest BCUT2D eigenvalue weighted by atomic mass is 10.1. The maximum Gasteiger partial charge on any atom is 0.322 e. The van der Waals surface area contributed by atoms with E-state index in [4.69, 9.17) is 21.4 Å². The van der Waals surface area contributed by atoms with Gasteiger partial charge in [-0.1, -0.05) is 17.7 Å². The first-order valence-electron chi connectivity index (χ1n) is 7.77. The molecule has 0 fully saturated rings. The summed E-state index contributed by atoms with van der Waals surface area (Å²) in [6.07, 6.45) is 1.53. The van der Waals surface area contributed by atoms with Crippen LogP contribution >= 0.6 is 11.6 Å². The molecular formula is C18H14ClFN4O3. The highest BCUT2D eigenvalue weighted by molar-refractivity contribution is 6.30. The van der Waals surface area contributed by atoms with Crippen LogP contribution in [0.15, 0.2) is 42.6 Å². The van der Waals surface area contributed by atoms with Crippen LogP contribution in [0.2, 0.25) is 5.02 Å². The summed E-state index contributed by atoms with van der Waals surface area (Å²) in [6.45, 7) is -0.328. The molecule has 2 aromatic heterocycles. The molecule has 0 spiro atoms. The van der Waals surface area contributed by atoms with Crippen molar-refractivity contribution in [2.45, 2.75) is 0 Å². The number of carboxylic acids is 1. The summed E-state index contributed by atoms with van der Waals surface area (Å²) in [5.74, 6) is -0.616. The van der Waals surface area contributed by atoms with Gasteiger partial charge in [-0.15, -0.1) is 0 Å². The van der Waals surface area contributed by atoms with E-state index >= 15 is 0 Å². The highest BCUT2D eigenvalue weighted by atomic mass is 35.5. The highest BCUT2D eigenvalue weighted by Crippen LogP contribution is 2.27. The molecule has 27 heavy (non-hydrogen) atoms. The first-order chi connectivity index (χ1) is 13.0. The Hall–Kier alpha value is -3.26. The molecule has 0 aliphatic heterocycles. The van der Waals surface area contributed by atoms with Gasteiger partial charge in [0.05, 0.1) is 17.8 Å². The SMILES string of the molecule is COc1ccc(-c2nc(NCC(=O)O)cc(-c3ccc(Cl)c(F)c3)n2)cn1. The number of hydrogen-bond acceptors (Lipinski definition) is 6. The van der Waals surface area contributed by atoms with Crippen LogP contribution in [-0.2, 0) is 4.79 Å². The van der Waals surface area contributed by atoms with Crippen LogP contribution in [0, 0.1) is 5.82 Å². The molecule has 0 atom stereocenters. The van der Waals surface area contributed by atoms with E-state index in [9.17, 15) is 9.18 Å². The largest absolute Gasteiger partial charge is 0.481 e. The maximum absolute atomic E-state index is 13.8. The lowest BCUT2D eigenvalue weighted by Crippen LogP contribution is -2.13. The van der Waals surface area contributed by atoms with E-state index in [2.05, 4.69) is 20.3 Å². The minimum absolute atomic E-state index is 0.00314. The first-order valence-corrected chi connectivity index (χ1v) is 8.14. The zero-order chi connectivity index (χ0) is 19.4. The molecule has 3 rings (SSSR count). The summed E-state index contributed by atoms with van der Waals surface area (Å²) in [4.78, 5) is 23.7. The Bertz CT molecular complexity index is 983. The van der Waals surface area contributed by atoms with Crippen LogP contribution in [0.1, 0.15) is 0 Å². The van der Waals surface area contributed by atoms with Crippen molar-refractivity contribution < 1.29 is 19.0 Å². The third-order valence-corrected chi connectivity index (χ3v) is 3.87. The molecule has 0 unspecified atom stereocenters. The summed E-state index contributed by atoms with van der Waals surface area (Å²) < 4.78 is 18.9. The fourth-order valence-corrected chi connectivity index (χ4v) is 2.39. The van der Waals surface area contributed by atoms with Crippen LogP contribution in [0.25, 0.3) is 22.6 Å². The summed E-state index contributed by atoms with van der Waals surface area (Å²) >= 11 is 5.73. The maximum atomic E-state index is 13.8. The Morgan fingerprint density at radius 3 is 2.63 bits per heavy atom. The standard InChI is InChI=1S/C18H14ClFN4O3/c1-27-16-5-3-11(8-22-16)18-23-14(7-15(24-18)21-9-17(25)26)10-2-4-12(19)13(20)6-10/h2-8H,9H2,1H3,(H,25,26)(H,21,23,24). The lowest BCUT2D eigenvalue weighted by Gasteiger charge is -2.10. The van der Waals surface area contributed by atoms with Gasteiger partial charge in [0.15, 0.2) is 5.82 Å². The van der Waals surface area contributed by atoms with Gasteiger partial charge < -0.3 is 15.2 Å². The number of pyridine rings is 1. The smallest absolute Gasteiger partial charge is 0.322 e. The van der Waals surface area contributed by atoms with Crippen LogP contribution in [-0.4, -0.2) is 39.7 Å². The van der Waals surface area contributed by atoms with Crippen LogP contribution in [0.4, 0.5) is 10.2 Å². The summed E-state index contributed by atoms with van der Waals surface area (Å²) in [6, 6.07) is 9.19. The fraction of sp³-hybridized carbons (Fsp3) is 0.111. The van der Waals surface area contributed by atoms with Gasteiger partial charge in [0.2, 0.25) is 5.88 Å². The van der Waals surface area contributed by atoms with E-state index in [1.165, 1.54) is 31.5 Å². The topological polar surface area (TPSA) is 97.2 Å². The first kappa shape index (κ1) is 18.5. The molecule has 0 amide bonds. The zero-order valence-electron chi connectivity index (χ0n) is 14.1. The van der Waals surface area contributed by atoms with Crippen molar-refractivity contribution >= 4 is 23.4 Å². The molecule has 7 nitrogen and oxygen atoms in total. The van der Waals surface area contributed by atoms with Gasteiger partial charge in [-0.3, -0.25) is 4.79 Å². The lowest BCUT2D eigenvalue weighted by molar-refractivity contribution is -0.134. The molecular weight excluding hydrogens is 375 g/mol. The minimum atomic E-state index is -1.04. The van der Waals surface area contributed by atoms with Gasteiger partial charge in [0.25, 0.3) is 0 Å². The number of nitrogens with zero attached hydrogens (tertiary/aromatic N) is 3. The Kier molecular flexibility index (Phi) is 5.46. The van der Waals surface area contributed by atoms with Gasteiger partial charge >= 0.3 is 5.97 Å². The minimum Gasteiger partial charge on any atom is -0.481 e. The monoisotopic (exact) mass is 388 g/mol. The number of ether oxygens (including phenoxy) is 1.